The lowest BCUT2D eigenvalue weighted by atomic mass is 9.88. The standard InChI is InChI=1S/C22H21N4O5/c23-21(31)22-17(25(13-18(22)28)20(30)16-3-1-2-11-24-16)10-12-26(22)19(29)9-6-14-4-7-15(27)8-5-14/h1-5,7-9,11,17,27H,6,10,12-13H2,(H2,23,31). The largest absolute Gasteiger partial charge is 0.508 e. The van der Waals surface area contributed by atoms with Crippen molar-refractivity contribution in [1.29, 1.82) is 0 Å². The molecule has 0 saturated carbocycles. The molecule has 159 valence electrons. The molecule has 9 nitrogen and oxygen atoms in total. The number of likely N-dealkylation sites (tertiary alicyclic amines) is 2. The van der Waals surface area contributed by atoms with E-state index >= 15 is 0 Å². The first kappa shape index (κ1) is 20.5. The Bertz CT molecular complexity index is 1040. The second-order valence-electron chi connectivity index (χ2n) is 7.57. The number of nitrogens with zero attached hydrogens (tertiary/aromatic N) is 3. The first-order valence-corrected chi connectivity index (χ1v) is 9.83. The van der Waals surface area contributed by atoms with Gasteiger partial charge in [-0.1, -0.05) is 18.2 Å². The van der Waals surface area contributed by atoms with E-state index in [0.717, 1.165) is 5.56 Å². The zero-order valence-electron chi connectivity index (χ0n) is 16.6. The van der Waals surface area contributed by atoms with Gasteiger partial charge in [0.25, 0.3) is 11.8 Å². The van der Waals surface area contributed by atoms with E-state index in [1.807, 2.05) is 0 Å². The third-order valence-electron chi connectivity index (χ3n) is 5.88. The van der Waals surface area contributed by atoms with Gasteiger partial charge in [0.2, 0.25) is 11.4 Å². The minimum atomic E-state index is -1.88. The second kappa shape index (κ2) is 7.82. The van der Waals surface area contributed by atoms with Crippen molar-refractivity contribution in [2.75, 3.05) is 13.1 Å². The summed E-state index contributed by atoms with van der Waals surface area (Å²) in [4.78, 5) is 58.0. The molecule has 1 aromatic carbocycles. The van der Waals surface area contributed by atoms with Gasteiger partial charge in [0.05, 0.1) is 19.0 Å². The van der Waals surface area contributed by atoms with E-state index in [0.29, 0.717) is 0 Å². The van der Waals surface area contributed by atoms with Gasteiger partial charge in [0.15, 0.2) is 5.78 Å². The summed E-state index contributed by atoms with van der Waals surface area (Å²) in [6.45, 7) is -0.193. The average Bonchev–Trinajstić information content (AvgIpc) is 3.30. The zero-order valence-corrected chi connectivity index (χ0v) is 16.6. The number of amides is 3. The molecular formula is C22H21N4O5. The summed E-state index contributed by atoms with van der Waals surface area (Å²) in [6.07, 6.45) is 3.34. The predicted molar refractivity (Wildman–Crippen MR) is 108 cm³/mol. The van der Waals surface area contributed by atoms with Crippen molar-refractivity contribution in [1.82, 2.24) is 14.8 Å². The van der Waals surface area contributed by atoms with Crippen LogP contribution < -0.4 is 5.73 Å². The molecule has 9 heteroatoms. The van der Waals surface area contributed by atoms with Gasteiger partial charge in [-0.2, -0.15) is 0 Å². The number of rotatable bonds is 5. The Labute approximate surface area is 178 Å². The molecular weight excluding hydrogens is 400 g/mol. The number of carbonyl (C=O) groups excluding carboxylic acids is 4. The number of fused-ring (bicyclic) bond motifs is 1. The number of benzene rings is 1. The van der Waals surface area contributed by atoms with Crippen LogP contribution in [-0.4, -0.2) is 68.1 Å². The fraction of sp³-hybridized carbons (Fsp3) is 0.273. The Morgan fingerprint density at radius 1 is 1.19 bits per heavy atom. The summed E-state index contributed by atoms with van der Waals surface area (Å²) >= 11 is 0. The lowest BCUT2D eigenvalue weighted by molar-refractivity contribution is -0.147. The van der Waals surface area contributed by atoms with E-state index in [-0.39, 0.29) is 37.4 Å². The third kappa shape index (κ3) is 3.31. The van der Waals surface area contributed by atoms with Crippen molar-refractivity contribution in [3.05, 3.63) is 66.3 Å². The van der Waals surface area contributed by atoms with Crippen LogP contribution in [0.4, 0.5) is 0 Å². The molecule has 0 bridgehead atoms. The van der Waals surface area contributed by atoms with Crippen molar-refractivity contribution < 1.29 is 24.3 Å². The molecule has 2 unspecified atom stereocenters. The van der Waals surface area contributed by atoms with Crippen LogP contribution in [0.25, 0.3) is 0 Å². The number of ketones is 1. The summed E-state index contributed by atoms with van der Waals surface area (Å²) in [7, 11) is 0. The molecule has 4 rings (SSSR count). The summed E-state index contributed by atoms with van der Waals surface area (Å²) in [5.74, 6) is -2.39. The molecule has 2 aliphatic rings. The molecule has 31 heavy (non-hydrogen) atoms. The van der Waals surface area contributed by atoms with Crippen LogP contribution in [0, 0.1) is 6.42 Å². The Morgan fingerprint density at radius 2 is 1.94 bits per heavy atom. The first-order valence-electron chi connectivity index (χ1n) is 9.83. The van der Waals surface area contributed by atoms with Crippen molar-refractivity contribution >= 4 is 23.5 Å². The fourth-order valence-corrected chi connectivity index (χ4v) is 4.44. The number of aromatic hydroxyl groups is 1. The summed E-state index contributed by atoms with van der Waals surface area (Å²) in [5, 5.41) is 9.37. The van der Waals surface area contributed by atoms with Gasteiger partial charge >= 0.3 is 0 Å². The highest BCUT2D eigenvalue weighted by atomic mass is 16.3. The monoisotopic (exact) mass is 421 g/mol. The molecule has 2 atom stereocenters. The number of phenolic OH excluding ortho intramolecular Hbond substituents is 1. The van der Waals surface area contributed by atoms with E-state index in [9.17, 15) is 24.3 Å². The van der Waals surface area contributed by atoms with Crippen LogP contribution in [0.1, 0.15) is 22.5 Å². The number of hydrogen-bond donors (Lipinski definition) is 2. The van der Waals surface area contributed by atoms with Crippen LogP contribution in [0.2, 0.25) is 0 Å². The summed E-state index contributed by atoms with van der Waals surface area (Å²) in [5.41, 5.74) is 4.72. The van der Waals surface area contributed by atoms with Crippen LogP contribution in [0.3, 0.4) is 0 Å². The number of aromatic nitrogens is 1. The SMILES string of the molecule is NC(=O)C12C(=O)CN(C(=O)c3ccccn3)C1CCN2C(=O)[CH]Cc1ccc(O)cc1. The molecule has 3 N–H and O–H groups in total. The molecule has 1 radical (unpaired) electrons. The van der Waals surface area contributed by atoms with Gasteiger partial charge in [-0.15, -0.1) is 0 Å². The van der Waals surface area contributed by atoms with Crippen LogP contribution in [0.15, 0.2) is 48.7 Å². The first-order chi connectivity index (χ1) is 14.9. The number of hydrogen-bond acceptors (Lipinski definition) is 6. The van der Waals surface area contributed by atoms with Crippen molar-refractivity contribution in [2.24, 2.45) is 5.73 Å². The van der Waals surface area contributed by atoms with Gasteiger partial charge in [0.1, 0.15) is 11.4 Å². The van der Waals surface area contributed by atoms with Gasteiger partial charge < -0.3 is 20.6 Å². The number of phenols is 1. The minimum Gasteiger partial charge on any atom is -0.508 e. The maximum Gasteiger partial charge on any atom is 0.273 e. The van der Waals surface area contributed by atoms with Crippen LogP contribution in [-0.2, 0) is 20.8 Å². The molecule has 0 aliphatic carbocycles. The number of Topliss-reactive ketones (excluding diaryl/α,β-unsaturated/α-hetero) is 1. The number of primary amides is 1. The Kier molecular flexibility index (Phi) is 5.18. The highest BCUT2D eigenvalue weighted by Crippen LogP contribution is 2.40. The highest BCUT2D eigenvalue weighted by Gasteiger charge is 2.67. The molecule has 2 fully saturated rings. The van der Waals surface area contributed by atoms with E-state index in [1.165, 1.54) is 40.6 Å². The minimum absolute atomic E-state index is 0.111. The zero-order chi connectivity index (χ0) is 22.2. The Balaban J connectivity index is 1.57. The predicted octanol–water partition coefficient (Wildman–Crippen LogP) is 0.0841. The highest BCUT2D eigenvalue weighted by molar-refractivity contribution is 6.18. The normalized spacial score (nSPS) is 22.5. The maximum absolute atomic E-state index is 13.0. The van der Waals surface area contributed by atoms with Crippen molar-refractivity contribution in [2.45, 2.75) is 24.4 Å². The molecule has 1 aromatic heterocycles. The summed E-state index contributed by atoms with van der Waals surface area (Å²) < 4.78 is 0. The lowest BCUT2D eigenvalue weighted by Gasteiger charge is -2.34. The Morgan fingerprint density at radius 3 is 2.58 bits per heavy atom. The smallest absolute Gasteiger partial charge is 0.273 e. The maximum atomic E-state index is 13.0. The fourth-order valence-electron chi connectivity index (χ4n) is 4.44. The number of carbonyl (C=O) groups is 4. The van der Waals surface area contributed by atoms with Crippen LogP contribution >= 0.6 is 0 Å². The lowest BCUT2D eigenvalue weighted by Crippen LogP contribution is -2.64. The van der Waals surface area contributed by atoms with E-state index in [1.54, 1.807) is 24.3 Å². The molecule has 3 amide bonds. The van der Waals surface area contributed by atoms with Crippen LogP contribution in [0.5, 0.6) is 5.75 Å². The van der Waals surface area contributed by atoms with E-state index in [4.69, 9.17) is 5.73 Å². The number of pyridine rings is 1. The molecule has 3 heterocycles. The second-order valence-corrected chi connectivity index (χ2v) is 7.57. The van der Waals surface area contributed by atoms with Crippen molar-refractivity contribution in [3.63, 3.8) is 0 Å². The van der Waals surface area contributed by atoms with Gasteiger partial charge in [-0.25, -0.2) is 0 Å². The van der Waals surface area contributed by atoms with E-state index < -0.39 is 35.1 Å². The average molecular weight is 421 g/mol. The van der Waals surface area contributed by atoms with Crippen molar-refractivity contribution in [3.8, 4) is 5.75 Å². The molecule has 2 saturated heterocycles. The quantitative estimate of drug-likeness (QED) is 0.657. The van der Waals surface area contributed by atoms with Gasteiger partial charge in [-0.3, -0.25) is 24.2 Å². The Hall–Kier alpha value is -3.75. The van der Waals surface area contributed by atoms with E-state index in [2.05, 4.69) is 4.98 Å². The van der Waals surface area contributed by atoms with Gasteiger partial charge in [-0.05, 0) is 42.7 Å². The topological polar surface area (TPSA) is 134 Å². The molecule has 0 spiro atoms. The van der Waals surface area contributed by atoms with Gasteiger partial charge in [0, 0.05) is 12.7 Å². The third-order valence-corrected chi connectivity index (χ3v) is 5.88. The molecule has 2 aliphatic heterocycles. The molecule has 2 aromatic rings. The summed E-state index contributed by atoms with van der Waals surface area (Å²) in [6, 6.07) is 10.4. The number of nitrogens with two attached hydrogens (primary N) is 1.